The summed E-state index contributed by atoms with van der Waals surface area (Å²) >= 11 is 0. The van der Waals surface area contributed by atoms with Crippen molar-refractivity contribution in [3.63, 3.8) is 0 Å². The van der Waals surface area contributed by atoms with Gasteiger partial charge in [0.15, 0.2) is 6.04 Å². The Morgan fingerprint density at radius 3 is 2.14 bits per heavy atom. The molecule has 118 valence electrons. The van der Waals surface area contributed by atoms with Gasteiger partial charge in [-0.15, -0.1) is 0 Å². The van der Waals surface area contributed by atoms with Crippen molar-refractivity contribution in [1.82, 2.24) is 11.1 Å². The van der Waals surface area contributed by atoms with Crippen LogP contribution in [0, 0.1) is 0 Å². The lowest BCUT2D eigenvalue weighted by molar-refractivity contribution is -0.154. The van der Waals surface area contributed by atoms with E-state index in [0.29, 0.717) is 0 Å². The molecule has 0 saturated carbocycles. The van der Waals surface area contributed by atoms with Gasteiger partial charge in [0.05, 0.1) is 13.0 Å². The fourth-order valence-electron chi connectivity index (χ4n) is 1.95. The van der Waals surface area contributed by atoms with E-state index in [1.165, 1.54) is 0 Å². The molecule has 11 heteroatoms. The molecule has 0 fully saturated rings. The average Bonchev–Trinajstić information content (AvgIpc) is 2.34. The summed E-state index contributed by atoms with van der Waals surface area (Å²) < 4.78 is 0. The van der Waals surface area contributed by atoms with Crippen LogP contribution < -0.4 is 6.15 Å². The zero-order valence-electron chi connectivity index (χ0n) is 10.8. The third-order valence-corrected chi connectivity index (χ3v) is 2.74. The van der Waals surface area contributed by atoms with Gasteiger partial charge in [-0.2, -0.15) is 0 Å². The molecule has 0 aliphatic carbocycles. The second kappa shape index (κ2) is 7.31. The second-order valence-electron chi connectivity index (χ2n) is 4.00. The van der Waals surface area contributed by atoms with Crippen LogP contribution in [0.3, 0.4) is 0 Å². The Morgan fingerprint density at radius 2 is 1.76 bits per heavy atom. The highest BCUT2D eigenvalue weighted by Crippen LogP contribution is 2.16. The molecule has 2 atom stereocenters. The third-order valence-electron chi connectivity index (χ3n) is 2.74. The van der Waals surface area contributed by atoms with E-state index in [1.807, 2.05) is 0 Å². The minimum Gasteiger partial charge on any atom is -0.481 e. The monoisotopic (exact) mass is 305 g/mol. The molecule has 1 aliphatic rings. The Kier molecular flexibility index (Phi) is 6.42. The van der Waals surface area contributed by atoms with Gasteiger partial charge >= 0.3 is 23.9 Å². The lowest BCUT2D eigenvalue weighted by Crippen LogP contribution is -2.59. The molecular weight excluding hydrogens is 290 g/mol. The molecular formula is C10H15N3O8. The Bertz CT molecular complexity index is 489. The van der Waals surface area contributed by atoms with Gasteiger partial charge in [0.25, 0.3) is 0 Å². The summed E-state index contributed by atoms with van der Waals surface area (Å²) in [4.78, 5) is 48.2. The van der Waals surface area contributed by atoms with E-state index in [2.05, 4.69) is 4.99 Å². The lowest BCUT2D eigenvalue weighted by Gasteiger charge is -2.34. The molecule has 1 aliphatic heterocycles. The highest BCUT2D eigenvalue weighted by atomic mass is 16.4. The summed E-state index contributed by atoms with van der Waals surface area (Å²) in [5, 5.41) is 35.7. The van der Waals surface area contributed by atoms with Crippen molar-refractivity contribution in [2.45, 2.75) is 18.5 Å². The number of nitrogens with zero attached hydrogens (tertiary/aromatic N) is 2. The van der Waals surface area contributed by atoms with E-state index in [0.717, 1.165) is 4.90 Å². The maximum absolute atomic E-state index is 11.2. The van der Waals surface area contributed by atoms with E-state index in [-0.39, 0.29) is 19.2 Å². The summed E-state index contributed by atoms with van der Waals surface area (Å²) in [7, 11) is 0. The standard InChI is InChI=1S/C10H12N2O8.H3N/c13-5(14)3-4(8(15)16)12-2-1-11-6(9(17)18)7(12)10(19)20;/h4,7H,1-3H2,(H,13,14)(H,15,16)(H,17,18)(H,19,20);1H3. The highest BCUT2D eigenvalue weighted by molar-refractivity contribution is 6.41. The number of aliphatic imine (C=N–C) groups is 1. The molecule has 0 bridgehead atoms. The molecule has 0 aromatic rings. The van der Waals surface area contributed by atoms with Crippen LogP contribution in [0.4, 0.5) is 0 Å². The molecule has 0 spiro atoms. The van der Waals surface area contributed by atoms with Crippen molar-refractivity contribution in [3.8, 4) is 0 Å². The van der Waals surface area contributed by atoms with E-state index in [4.69, 9.17) is 20.4 Å². The Morgan fingerprint density at radius 1 is 1.19 bits per heavy atom. The molecule has 0 amide bonds. The van der Waals surface area contributed by atoms with Crippen molar-refractivity contribution in [2.24, 2.45) is 4.99 Å². The maximum Gasteiger partial charge on any atom is 0.352 e. The first-order valence-corrected chi connectivity index (χ1v) is 5.46. The molecule has 7 N–H and O–H groups in total. The molecule has 1 rings (SSSR count). The predicted molar refractivity (Wildman–Crippen MR) is 66.8 cm³/mol. The topological polar surface area (TPSA) is 200 Å². The predicted octanol–water partition coefficient (Wildman–Crippen LogP) is -1.63. The van der Waals surface area contributed by atoms with Crippen LogP contribution in [0.1, 0.15) is 6.42 Å². The van der Waals surface area contributed by atoms with Gasteiger partial charge in [0.2, 0.25) is 0 Å². The normalized spacial score (nSPS) is 19.8. The van der Waals surface area contributed by atoms with E-state index in [1.54, 1.807) is 0 Å². The fourth-order valence-corrected chi connectivity index (χ4v) is 1.95. The van der Waals surface area contributed by atoms with Gasteiger partial charge in [0, 0.05) is 6.54 Å². The van der Waals surface area contributed by atoms with Crippen LogP contribution in [0.2, 0.25) is 0 Å². The van der Waals surface area contributed by atoms with E-state index in [9.17, 15) is 19.2 Å². The van der Waals surface area contributed by atoms with Crippen LogP contribution in [-0.2, 0) is 19.2 Å². The molecule has 0 aromatic heterocycles. The second-order valence-corrected chi connectivity index (χ2v) is 4.00. The van der Waals surface area contributed by atoms with Gasteiger partial charge in [-0.25, -0.2) is 4.79 Å². The molecule has 0 aromatic carbocycles. The van der Waals surface area contributed by atoms with Crippen LogP contribution in [0.15, 0.2) is 4.99 Å². The van der Waals surface area contributed by atoms with Gasteiger partial charge in [-0.3, -0.25) is 24.3 Å². The first-order valence-electron chi connectivity index (χ1n) is 5.46. The smallest absolute Gasteiger partial charge is 0.352 e. The van der Waals surface area contributed by atoms with Crippen molar-refractivity contribution < 1.29 is 39.6 Å². The molecule has 2 unspecified atom stereocenters. The van der Waals surface area contributed by atoms with Crippen LogP contribution in [0.25, 0.3) is 0 Å². The Labute approximate surface area is 118 Å². The van der Waals surface area contributed by atoms with Crippen LogP contribution in [-0.4, -0.2) is 80.1 Å². The number of aliphatic carboxylic acids is 4. The number of carboxylic acids is 4. The zero-order chi connectivity index (χ0) is 15.4. The molecule has 0 radical (unpaired) electrons. The molecule has 1 heterocycles. The Hall–Kier alpha value is -2.53. The van der Waals surface area contributed by atoms with Crippen molar-refractivity contribution in [2.75, 3.05) is 13.1 Å². The van der Waals surface area contributed by atoms with Gasteiger partial charge in [-0.05, 0) is 0 Å². The summed E-state index contributed by atoms with van der Waals surface area (Å²) in [5.41, 5.74) is -0.708. The number of carboxylic acid groups (broad SMARTS) is 4. The lowest BCUT2D eigenvalue weighted by atomic mass is 10.0. The number of rotatable bonds is 6. The largest absolute Gasteiger partial charge is 0.481 e. The summed E-state index contributed by atoms with van der Waals surface area (Å²) in [6, 6.07) is -3.43. The SMILES string of the molecule is N.O=C(O)CC(C(=O)O)N1CCN=C(C(=O)O)C1C(=O)O. The van der Waals surface area contributed by atoms with Crippen molar-refractivity contribution in [3.05, 3.63) is 0 Å². The first-order chi connectivity index (χ1) is 9.25. The fraction of sp³-hybridized carbons (Fsp3) is 0.500. The van der Waals surface area contributed by atoms with E-state index >= 15 is 0 Å². The van der Waals surface area contributed by atoms with Crippen LogP contribution >= 0.6 is 0 Å². The minimum absolute atomic E-state index is 0. The molecule has 21 heavy (non-hydrogen) atoms. The van der Waals surface area contributed by atoms with E-state index < -0.39 is 48.1 Å². The quantitative estimate of drug-likeness (QED) is 0.379. The third kappa shape index (κ3) is 4.22. The Balaban J connectivity index is 0.00000400. The minimum atomic E-state index is -1.79. The van der Waals surface area contributed by atoms with Crippen molar-refractivity contribution >= 4 is 29.6 Å². The number of hydrogen-bond donors (Lipinski definition) is 5. The highest BCUT2D eigenvalue weighted by Gasteiger charge is 2.43. The number of carbonyl (C=O) groups is 4. The molecule has 11 nitrogen and oxygen atoms in total. The number of hydrogen-bond acceptors (Lipinski definition) is 7. The summed E-state index contributed by atoms with van der Waals surface area (Å²) in [6.45, 7) is -0.271. The summed E-state index contributed by atoms with van der Waals surface area (Å²) in [5.74, 6) is -6.14. The first kappa shape index (κ1) is 18.5. The summed E-state index contributed by atoms with van der Waals surface area (Å²) in [6.07, 6.45) is -0.841. The average molecular weight is 305 g/mol. The molecule has 0 saturated heterocycles. The zero-order valence-corrected chi connectivity index (χ0v) is 10.8. The van der Waals surface area contributed by atoms with Crippen molar-refractivity contribution in [1.29, 1.82) is 0 Å². The van der Waals surface area contributed by atoms with Gasteiger partial charge in [-0.1, -0.05) is 0 Å². The van der Waals surface area contributed by atoms with Gasteiger partial charge < -0.3 is 26.6 Å². The van der Waals surface area contributed by atoms with Crippen LogP contribution in [0.5, 0.6) is 0 Å². The maximum atomic E-state index is 11.2. The van der Waals surface area contributed by atoms with Gasteiger partial charge in [0.1, 0.15) is 11.8 Å².